The number of amides is 7. The molecule has 39 nitrogen and oxygen atoms in total. The number of carbonyl (C=O) groups excluding carboxylic acids is 6. The van der Waals surface area contributed by atoms with Gasteiger partial charge in [-0.15, -0.1) is 0 Å². The van der Waals surface area contributed by atoms with Gasteiger partial charge in [0.15, 0.2) is 22.8 Å². The second-order valence-corrected chi connectivity index (χ2v) is 38.1. The molecule has 2 fully saturated rings. The molecule has 1 saturated heterocycles. The zero-order valence-corrected chi connectivity index (χ0v) is 85.4. The summed E-state index contributed by atoms with van der Waals surface area (Å²) >= 11 is 0. The monoisotopic (exact) mass is 1970 g/mol. The van der Waals surface area contributed by atoms with Crippen molar-refractivity contribution < 1.29 is 28.8 Å². The molecule has 2 aliphatic rings. The fourth-order valence-electron chi connectivity index (χ4n) is 16.0. The fourth-order valence-corrected chi connectivity index (χ4v) is 16.0. The minimum atomic E-state index is -0.343. The van der Waals surface area contributed by atoms with Crippen LogP contribution in [0.25, 0.3) is 88.1 Å². The number of nitrogens with zero attached hydrogens (tertiary/aromatic N) is 23. The maximum Gasteiger partial charge on any atom is 0.321 e. The van der Waals surface area contributed by atoms with Crippen LogP contribution < -0.4 is 51.5 Å². The molecule has 39 heteroatoms. The predicted octanol–water partition coefficient (Wildman–Crippen LogP) is 14.2. The number of anilines is 10. The molecular weight excluding hydrogens is 1840 g/mol. The quantitative estimate of drug-likeness (QED) is 0.0176. The standard InChI is InChI=1S/C28H34N8O.C27H30N8O2.C26H31N9O2.C26H32N8O/c1-34(2)12-13-35(3)26-9-7-23(18-30-26)31-28(37)27-24-15-21(6-8-25(24)32-33-27)22-14-20(16-29-17-22)19-36-10-4-5-11-36;1-34(2)10-11-35(3)24-9-7-20(16-29-24)30-27(37)25-22-13-18(6-8-23(22)32-33-25)19-12-21(15-28-14-19)31-26(36)17-4-5-17;1-33(2)10-11-35(5)23-9-7-19(16-28-23)29-25(36)24-21-13-17(6-8-22(21)31-32-24)18-12-20(15-27-14-18)30-26(37)34(3)4;1-32(2)10-11-34(5)24-9-7-21(16-28-24)29-26(35)25-22-13-19(6-8-23(22)30-31-25)20-12-18(14-27-15-20)17-33(3)4/h6-9,14-18H,4-5,10-13,19H2,1-3H3,(H,31,37)(H,32,33);6-9,12-17H,4-5,10-11H2,1-3H3,(H,30,37)(H,31,36)(H,32,33);6-9,12-16H,10-11H2,1-5H3,(H,29,36)(H,30,37)(H,31,32);6-9,12-16H,10-11,17H2,1-5H3,(H,29,35)(H,30,31). The smallest absolute Gasteiger partial charge is 0.321 e. The van der Waals surface area contributed by atoms with Crippen LogP contribution in [-0.4, -0.2) is 329 Å². The first kappa shape index (κ1) is 104. The van der Waals surface area contributed by atoms with Gasteiger partial charge >= 0.3 is 6.03 Å². The number of aromatic amines is 4. The lowest BCUT2D eigenvalue weighted by Gasteiger charge is -2.20. The molecule has 0 atom stereocenters. The average molecular weight is 1970 g/mol. The van der Waals surface area contributed by atoms with E-state index >= 15 is 0 Å². The van der Waals surface area contributed by atoms with Crippen molar-refractivity contribution in [3.63, 3.8) is 0 Å². The highest BCUT2D eigenvalue weighted by molar-refractivity contribution is 6.15. The van der Waals surface area contributed by atoms with Crippen LogP contribution >= 0.6 is 0 Å². The third-order valence-corrected chi connectivity index (χ3v) is 24.6. The lowest BCUT2D eigenvalue weighted by atomic mass is 10.0. The Morgan fingerprint density at radius 2 is 0.603 bits per heavy atom. The summed E-state index contributed by atoms with van der Waals surface area (Å²) in [5.74, 6) is 2.27. The molecule has 1 aliphatic heterocycles. The Morgan fingerprint density at radius 1 is 0.301 bits per heavy atom. The molecule has 146 heavy (non-hydrogen) atoms. The van der Waals surface area contributed by atoms with E-state index in [0.29, 0.717) is 56.3 Å². The Balaban J connectivity index is 0.000000146. The van der Waals surface area contributed by atoms with E-state index in [1.165, 1.54) is 23.3 Å². The van der Waals surface area contributed by atoms with Crippen molar-refractivity contribution in [2.75, 3.05) is 230 Å². The summed E-state index contributed by atoms with van der Waals surface area (Å²) in [4.78, 5) is 135. The Morgan fingerprint density at radius 3 is 0.897 bits per heavy atom. The third kappa shape index (κ3) is 28.1. The number of likely N-dealkylation sites (N-methyl/N-ethyl adjacent to an activating group) is 8. The molecule has 0 radical (unpaired) electrons. The van der Waals surface area contributed by atoms with Gasteiger partial charge in [0.05, 0.1) is 93.4 Å². The van der Waals surface area contributed by atoms with E-state index in [-0.39, 0.29) is 52.9 Å². The number of aromatic nitrogens is 16. The van der Waals surface area contributed by atoms with E-state index in [9.17, 15) is 28.8 Å². The molecular formula is C107H127N33O6. The zero-order chi connectivity index (χ0) is 103. The highest BCUT2D eigenvalue weighted by atomic mass is 16.2. The van der Waals surface area contributed by atoms with Crippen LogP contribution in [0.15, 0.2) is 220 Å². The molecule has 0 bridgehead atoms. The first-order valence-corrected chi connectivity index (χ1v) is 48.3. The molecule has 16 aromatic rings. The van der Waals surface area contributed by atoms with Gasteiger partial charge < -0.3 is 80.9 Å². The molecule has 1 aliphatic carbocycles. The van der Waals surface area contributed by atoms with Crippen molar-refractivity contribution in [1.29, 1.82) is 0 Å². The highest BCUT2D eigenvalue weighted by Gasteiger charge is 2.30. The van der Waals surface area contributed by atoms with E-state index in [0.717, 1.165) is 198 Å². The molecule has 0 spiro atoms. The summed E-state index contributed by atoms with van der Waals surface area (Å²) in [6.45, 7) is 11.1. The summed E-state index contributed by atoms with van der Waals surface area (Å²) in [7, 11) is 31.7. The summed E-state index contributed by atoms with van der Waals surface area (Å²) in [6, 6.07) is 46.0. The van der Waals surface area contributed by atoms with Crippen LogP contribution in [0.2, 0.25) is 0 Å². The number of nitrogens with one attached hydrogen (secondary N) is 10. The lowest BCUT2D eigenvalue weighted by molar-refractivity contribution is -0.117. The van der Waals surface area contributed by atoms with E-state index < -0.39 is 0 Å². The van der Waals surface area contributed by atoms with Crippen molar-refractivity contribution in [2.24, 2.45) is 5.92 Å². The first-order chi connectivity index (χ1) is 70.3. The number of likely N-dealkylation sites (tertiary alicyclic amines) is 1. The predicted molar refractivity (Wildman–Crippen MR) is 579 cm³/mol. The third-order valence-electron chi connectivity index (χ3n) is 24.6. The number of hydrogen-bond acceptors (Lipinski definition) is 28. The zero-order valence-electron chi connectivity index (χ0n) is 85.4. The minimum absolute atomic E-state index is 0.0333. The summed E-state index contributed by atoms with van der Waals surface area (Å²) in [5, 5.41) is 49.1. The van der Waals surface area contributed by atoms with Crippen LogP contribution in [0.4, 0.5) is 62.2 Å². The summed E-state index contributed by atoms with van der Waals surface area (Å²) in [5.41, 5.74) is 17.7. The van der Waals surface area contributed by atoms with Crippen molar-refractivity contribution in [3.05, 3.63) is 254 Å². The summed E-state index contributed by atoms with van der Waals surface area (Å²) in [6.07, 6.45) is 25.2. The fraction of sp³-hybridized carbons (Fsp3) is 0.308. The van der Waals surface area contributed by atoms with Gasteiger partial charge in [0.25, 0.3) is 23.6 Å². The van der Waals surface area contributed by atoms with E-state index in [2.05, 4.69) is 174 Å². The first-order valence-electron chi connectivity index (χ1n) is 48.3. The maximum absolute atomic E-state index is 13.1. The molecule has 12 aromatic heterocycles. The lowest BCUT2D eigenvalue weighted by Crippen LogP contribution is -2.28. The number of carbonyl (C=O) groups is 6. The number of hydrogen-bond donors (Lipinski definition) is 10. The van der Waals surface area contributed by atoms with Crippen molar-refractivity contribution in [3.8, 4) is 44.5 Å². The van der Waals surface area contributed by atoms with Gasteiger partial charge in [0.2, 0.25) is 5.91 Å². The molecule has 4 aromatic carbocycles. The Hall–Kier alpha value is -16.5. The van der Waals surface area contributed by atoms with Crippen LogP contribution in [0.5, 0.6) is 0 Å². The van der Waals surface area contributed by atoms with E-state index in [1.807, 2.05) is 257 Å². The van der Waals surface area contributed by atoms with Crippen molar-refractivity contribution >= 4 is 137 Å². The number of fused-ring (bicyclic) bond motifs is 4. The Bertz CT molecular complexity index is 6970. The number of urea groups is 1. The second-order valence-electron chi connectivity index (χ2n) is 38.1. The number of rotatable bonds is 35. The van der Waals surface area contributed by atoms with Gasteiger partial charge in [0, 0.05) is 195 Å². The van der Waals surface area contributed by atoms with E-state index in [1.54, 1.807) is 63.7 Å². The molecule has 756 valence electrons. The van der Waals surface area contributed by atoms with Gasteiger partial charge in [-0.25, -0.2) is 24.7 Å². The molecule has 0 unspecified atom stereocenters. The Kier molecular flexibility index (Phi) is 34.5. The number of H-pyrrole nitrogens is 4. The van der Waals surface area contributed by atoms with Crippen molar-refractivity contribution in [1.82, 2.24) is 115 Å². The van der Waals surface area contributed by atoms with Crippen LogP contribution in [0, 0.1) is 5.92 Å². The molecule has 7 amide bonds. The topological polar surface area (TPSA) is 428 Å². The number of benzene rings is 4. The van der Waals surface area contributed by atoms with Crippen molar-refractivity contribution in [2.45, 2.75) is 38.8 Å². The van der Waals surface area contributed by atoms with Gasteiger partial charge in [-0.1, -0.05) is 24.3 Å². The normalized spacial score (nSPS) is 12.4. The Labute approximate surface area is 848 Å². The van der Waals surface area contributed by atoms with Crippen LogP contribution in [-0.2, 0) is 17.9 Å². The molecule has 13 heterocycles. The van der Waals surface area contributed by atoms with Gasteiger partial charge in [-0.05, 0) is 264 Å². The van der Waals surface area contributed by atoms with Crippen LogP contribution in [0.1, 0.15) is 78.8 Å². The minimum Gasteiger partial charge on any atom is -0.358 e. The molecule has 1 saturated carbocycles. The SMILES string of the molecule is CN(C)CCN(C)c1ccc(NC(=O)c2n[nH]c3ccc(-c4cncc(CN(C)C)c4)cc23)cn1.CN(C)CCN(C)c1ccc(NC(=O)c2n[nH]c3ccc(-c4cncc(CN5CCCC5)c4)cc23)cn1.CN(C)CCN(C)c1ccc(NC(=O)c2n[nH]c3ccc(-c4cncc(NC(=O)C5CC5)c4)cc23)cn1.CN(C)CCN(C)c1ccc(NC(=O)c2n[nH]c3ccc(-c4cncc(NC(=O)N(C)C)c4)cc23)cn1. The molecule has 10 N–H and O–H groups in total. The largest absolute Gasteiger partial charge is 0.358 e. The van der Waals surface area contributed by atoms with Crippen LogP contribution in [0.3, 0.4) is 0 Å². The molecule has 18 rings (SSSR count). The summed E-state index contributed by atoms with van der Waals surface area (Å²) < 4.78 is 0. The average Bonchev–Trinajstić information content (AvgIpc) is 1.63. The second kappa shape index (κ2) is 48.5. The maximum atomic E-state index is 13.1. The van der Waals surface area contributed by atoms with Gasteiger partial charge in [-0.2, -0.15) is 20.4 Å². The van der Waals surface area contributed by atoms with E-state index in [4.69, 9.17) is 0 Å². The van der Waals surface area contributed by atoms with Gasteiger partial charge in [0.1, 0.15) is 23.3 Å². The van der Waals surface area contributed by atoms with Gasteiger partial charge in [-0.3, -0.25) is 69.2 Å². The number of pyridine rings is 8. The highest BCUT2D eigenvalue weighted by Crippen LogP contribution is 2.35.